The molecule has 0 fully saturated rings. The first kappa shape index (κ1) is 49.3. The van der Waals surface area contributed by atoms with E-state index in [1.807, 2.05) is 12.1 Å². The largest absolute Gasteiger partial charge is 0.478 e. The second-order valence-corrected chi connectivity index (χ2v) is 15.3. The fraction of sp³-hybridized carbons (Fsp3) is 0.660. The number of benzene rings is 2. The van der Waals surface area contributed by atoms with Crippen molar-refractivity contribution in [2.45, 2.75) is 195 Å². The highest BCUT2D eigenvalue weighted by Crippen LogP contribution is 2.29. The summed E-state index contributed by atoms with van der Waals surface area (Å²) in [5, 5.41) is 38.3. The first-order valence-corrected chi connectivity index (χ1v) is 21.7. The minimum Gasteiger partial charge on any atom is -0.478 e. The van der Waals surface area contributed by atoms with Crippen molar-refractivity contribution in [2.75, 3.05) is 0 Å². The maximum atomic E-state index is 11.9. The molecule has 0 spiro atoms. The number of aromatic carboxylic acids is 4. The van der Waals surface area contributed by atoms with Crippen molar-refractivity contribution in [3.05, 3.63) is 68.8 Å². The Morgan fingerprint density at radius 3 is 1.20 bits per heavy atom. The average molecular weight is 767 g/mol. The van der Waals surface area contributed by atoms with Crippen LogP contribution >= 0.6 is 0 Å². The Bertz CT molecular complexity index is 1430. The van der Waals surface area contributed by atoms with E-state index in [-0.39, 0.29) is 22.3 Å². The summed E-state index contributed by atoms with van der Waals surface area (Å²) in [6.45, 7) is 10.8. The molecule has 0 aromatic heterocycles. The van der Waals surface area contributed by atoms with Gasteiger partial charge >= 0.3 is 23.9 Å². The van der Waals surface area contributed by atoms with Gasteiger partial charge in [0.05, 0.1) is 22.3 Å². The van der Waals surface area contributed by atoms with E-state index >= 15 is 0 Å². The van der Waals surface area contributed by atoms with E-state index in [9.17, 15) is 39.6 Å². The highest BCUT2D eigenvalue weighted by molar-refractivity contribution is 6.03. The minimum atomic E-state index is -1.16. The number of unbranched alkanes of at least 4 members (excludes halogenated alkanes) is 15. The van der Waals surface area contributed by atoms with Crippen molar-refractivity contribution in [2.24, 2.45) is 5.92 Å². The third-order valence-corrected chi connectivity index (χ3v) is 10.9. The molecule has 2 aromatic carbocycles. The summed E-state index contributed by atoms with van der Waals surface area (Å²) in [6.07, 6.45) is 26.9. The van der Waals surface area contributed by atoms with Crippen LogP contribution in [-0.4, -0.2) is 44.3 Å². The lowest BCUT2D eigenvalue weighted by Gasteiger charge is -2.20. The summed E-state index contributed by atoms with van der Waals surface area (Å²) in [5.41, 5.74) is 3.37. The quantitative estimate of drug-likeness (QED) is 0.0574. The second kappa shape index (κ2) is 29.6. The maximum Gasteiger partial charge on any atom is 0.336 e. The van der Waals surface area contributed by atoms with Crippen LogP contribution in [0.25, 0.3) is 0 Å². The van der Waals surface area contributed by atoms with Crippen molar-refractivity contribution in [1.29, 1.82) is 0 Å². The smallest absolute Gasteiger partial charge is 0.336 e. The average Bonchev–Trinajstić information content (AvgIpc) is 3.16. The van der Waals surface area contributed by atoms with E-state index in [0.29, 0.717) is 18.8 Å². The van der Waals surface area contributed by atoms with Gasteiger partial charge in [-0.3, -0.25) is 0 Å². The standard InChI is InChI=1S/C24H38O4.C23H36O4/c1-3-5-7-9-10-11-12-14-16-20-19(15-13-8-6-4-2)17-18-21(23(25)26)22(20)24(27)28;1-4-7-9-10-11-13-18-14-15-19(22(24)25)21(23(26)27)20(18)16-17(6-3)12-8-5-2/h17-18H,3-16H2,1-2H3,(H,25,26)(H,27,28);14-15,17H,4-13,16H2,1-3H3,(H,24,25)(H,26,27). The van der Waals surface area contributed by atoms with E-state index in [0.717, 1.165) is 112 Å². The number of carbonyl (C=O) groups is 4. The number of aryl methyl sites for hydroxylation is 2. The van der Waals surface area contributed by atoms with Crippen LogP contribution in [0.2, 0.25) is 0 Å². The molecule has 55 heavy (non-hydrogen) atoms. The SMILES string of the molecule is CCCCCCCCCCc1c(CCCCCC)ccc(C(=O)O)c1C(=O)O.CCCCCCCc1ccc(C(=O)O)c(C(=O)O)c1CC(CC)CCCC. The van der Waals surface area contributed by atoms with Crippen LogP contribution < -0.4 is 0 Å². The molecule has 0 bridgehead atoms. The van der Waals surface area contributed by atoms with Gasteiger partial charge in [-0.2, -0.15) is 0 Å². The molecule has 2 rings (SSSR count). The van der Waals surface area contributed by atoms with Crippen LogP contribution in [0.1, 0.15) is 233 Å². The molecule has 0 aliphatic heterocycles. The fourth-order valence-electron chi connectivity index (χ4n) is 7.54. The monoisotopic (exact) mass is 767 g/mol. The van der Waals surface area contributed by atoms with Gasteiger partial charge in [-0.1, -0.05) is 162 Å². The molecule has 310 valence electrons. The zero-order valence-corrected chi connectivity index (χ0v) is 35.0. The first-order chi connectivity index (χ1) is 26.5. The Balaban J connectivity index is 0.000000550. The Morgan fingerprint density at radius 2 is 0.800 bits per heavy atom. The lowest BCUT2D eigenvalue weighted by Crippen LogP contribution is -2.16. The van der Waals surface area contributed by atoms with Crippen molar-refractivity contribution >= 4 is 23.9 Å². The normalized spacial score (nSPS) is 11.5. The number of hydrogen-bond acceptors (Lipinski definition) is 4. The lowest BCUT2D eigenvalue weighted by atomic mass is 9.84. The van der Waals surface area contributed by atoms with E-state index < -0.39 is 23.9 Å². The van der Waals surface area contributed by atoms with E-state index in [1.54, 1.807) is 0 Å². The third-order valence-electron chi connectivity index (χ3n) is 10.9. The van der Waals surface area contributed by atoms with Crippen LogP contribution in [0.4, 0.5) is 0 Å². The Morgan fingerprint density at radius 1 is 0.436 bits per heavy atom. The fourth-order valence-corrected chi connectivity index (χ4v) is 7.54. The van der Waals surface area contributed by atoms with Crippen LogP contribution in [-0.2, 0) is 25.7 Å². The summed E-state index contributed by atoms with van der Waals surface area (Å²) >= 11 is 0. The Kier molecular flexibility index (Phi) is 26.5. The minimum absolute atomic E-state index is 0.00318. The van der Waals surface area contributed by atoms with Crippen molar-refractivity contribution in [3.8, 4) is 0 Å². The van der Waals surface area contributed by atoms with E-state index in [2.05, 4.69) is 34.6 Å². The van der Waals surface area contributed by atoms with Gasteiger partial charge in [0.15, 0.2) is 0 Å². The summed E-state index contributed by atoms with van der Waals surface area (Å²) < 4.78 is 0. The van der Waals surface area contributed by atoms with Gasteiger partial charge in [0.25, 0.3) is 0 Å². The molecular weight excluding hydrogens is 693 g/mol. The molecule has 0 heterocycles. The predicted octanol–water partition coefficient (Wildman–Crippen LogP) is 13.2. The molecule has 1 atom stereocenters. The third kappa shape index (κ3) is 18.7. The topological polar surface area (TPSA) is 149 Å². The summed E-state index contributed by atoms with van der Waals surface area (Å²) in [4.78, 5) is 46.9. The predicted molar refractivity (Wildman–Crippen MR) is 224 cm³/mol. The molecule has 0 saturated heterocycles. The van der Waals surface area contributed by atoms with Crippen LogP contribution in [0, 0.1) is 5.92 Å². The van der Waals surface area contributed by atoms with Gasteiger partial charge in [0, 0.05) is 0 Å². The van der Waals surface area contributed by atoms with E-state index in [4.69, 9.17) is 0 Å². The molecular formula is C47H74O8. The molecule has 2 aromatic rings. The molecule has 8 heteroatoms. The first-order valence-electron chi connectivity index (χ1n) is 21.7. The van der Waals surface area contributed by atoms with Crippen molar-refractivity contribution in [3.63, 3.8) is 0 Å². The van der Waals surface area contributed by atoms with Crippen molar-refractivity contribution in [1.82, 2.24) is 0 Å². The molecule has 0 amide bonds. The molecule has 0 saturated carbocycles. The zero-order valence-electron chi connectivity index (χ0n) is 35.0. The maximum absolute atomic E-state index is 11.9. The molecule has 8 nitrogen and oxygen atoms in total. The number of carboxylic acids is 4. The Hall–Kier alpha value is -3.68. The lowest BCUT2D eigenvalue weighted by molar-refractivity contribution is 0.0650. The second-order valence-electron chi connectivity index (χ2n) is 15.3. The molecule has 0 radical (unpaired) electrons. The number of rotatable bonds is 30. The van der Waals surface area contributed by atoms with Gasteiger partial charge in [0.1, 0.15) is 0 Å². The van der Waals surface area contributed by atoms with Gasteiger partial charge in [0.2, 0.25) is 0 Å². The number of hydrogen-bond donors (Lipinski definition) is 4. The van der Waals surface area contributed by atoms with Gasteiger partial charge in [-0.05, 0) is 85.3 Å². The highest BCUT2D eigenvalue weighted by Gasteiger charge is 2.25. The molecule has 1 unspecified atom stereocenters. The number of carboxylic acid groups (broad SMARTS) is 4. The van der Waals surface area contributed by atoms with E-state index in [1.165, 1.54) is 69.9 Å². The molecule has 0 aliphatic carbocycles. The van der Waals surface area contributed by atoms with Crippen LogP contribution in [0.15, 0.2) is 24.3 Å². The van der Waals surface area contributed by atoms with Crippen LogP contribution in [0.3, 0.4) is 0 Å². The Labute approximate surface area is 332 Å². The summed E-state index contributed by atoms with van der Waals surface area (Å²) in [7, 11) is 0. The van der Waals surface area contributed by atoms with Gasteiger partial charge in [-0.25, -0.2) is 19.2 Å². The van der Waals surface area contributed by atoms with Gasteiger partial charge < -0.3 is 20.4 Å². The van der Waals surface area contributed by atoms with Crippen LogP contribution in [0.5, 0.6) is 0 Å². The van der Waals surface area contributed by atoms with Gasteiger partial charge in [-0.15, -0.1) is 0 Å². The van der Waals surface area contributed by atoms with Crippen molar-refractivity contribution < 1.29 is 39.6 Å². The summed E-state index contributed by atoms with van der Waals surface area (Å²) in [5.74, 6) is -4.18. The summed E-state index contributed by atoms with van der Waals surface area (Å²) in [6, 6.07) is 6.63. The molecule has 4 N–H and O–H groups in total. The zero-order chi connectivity index (χ0) is 41.0. The highest BCUT2D eigenvalue weighted by atomic mass is 16.4. The molecule has 0 aliphatic rings.